The summed E-state index contributed by atoms with van der Waals surface area (Å²) in [5.74, 6) is 0. The van der Waals surface area contributed by atoms with E-state index < -0.39 is 0 Å². The predicted molar refractivity (Wildman–Crippen MR) is 82.5 cm³/mol. The van der Waals surface area contributed by atoms with Gasteiger partial charge >= 0.3 is 0 Å². The summed E-state index contributed by atoms with van der Waals surface area (Å²) in [5, 5.41) is 0. The molecule has 2 rings (SSSR count). The molecule has 0 saturated carbocycles. The molecule has 2 aromatic carbocycles. The van der Waals surface area contributed by atoms with Crippen LogP contribution in [0.25, 0.3) is 0 Å². The van der Waals surface area contributed by atoms with Crippen molar-refractivity contribution in [3.05, 3.63) is 69.8 Å². The molecule has 2 N–H and O–H groups in total. The van der Waals surface area contributed by atoms with Gasteiger partial charge in [-0.3, -0.25) is 0 Å². The molecule has 19 heavy (non-hydrogen) atoms. The highest BCUT2D eigenvalue weighted by Crippen LogP contribution is 2.23. The quantitative estimate of drug-likeness (QED) is 0.873. The maximum absolute atomic E-state index is 6.42. The standard InChI is InChI=1S/C18H23N/c1-12-8-9-14(3)16(10-12)11-18(19)17-7-5-6-13(2)15(17)4/h5-10,18H,11,19H2,1-4H3. The molecule has 0 aliphatic rings. The molecule has 0 saturated heterocycles. The van der Waals surface area contributed by atoms with Gasteiger partial charge in [0.25, 0.3) is 0 Å². The molecule has 1 nitrogen and oxygen atoms in total. The second-order valence-corrected chi connectivity index (χ2v) is 5.53. The summed E-state index contributed by atoms with van der Waals surface area (Å²) in [6.07, 6.45) is 0.901. The number of rotatable bonds is 3. The Morgan fingerprint density at radius 1 is 0.947 bits per heavy atom. The lowest BCUT2D eigenvalue weighted by Crippen LogP contribution is -2.15. The van der Waals surface area contributed by atoms with Gasteiger partial charge in [0.1, 0.15) is 0 Å². The van der Waals surface area contributed by atoms with Gasteiger partial charge in [0.15, 0.2) is 0 Å². The summed E-state index contributed by atoms with van der Waals surface area (Å²) in [5.41, 5.74) is 14.3. The number of aryl methyl sites for hydroxylation is 3. The topological polar surface area (TPSA) is 26.0 Å². The molecular formula is C18H23N. The molecule has 0 heterocycles. The molecule has 0 spiro atoms. The van der Waals surface area contributed by atoms with Crippen molar-refractivity contribution in [1.29, 1.82) is 0 Å². The molecule has 0 aliphatic heterocycles. The molecular weight excluding hydrogens is 230 g/mol. The lowest BCUT2D eigenvalue weighted by atomic mass is 9.92. The minimum absolute atomic E-state index is 0.0698. The summed E-state index contributed by atoms with van der Waals surface area (Å²) < 4.78 is 0. The van der Waals surface area contributed by atoms with Crippen LogP contribution in [0.1, 0.15) is 39.4 Å². The van der Waals surface area contributed by atoms with E-state index in [1.807, 2.05) is 0 Å². The molecule has 0 amide bonds. The van der Waals surface area contributed by atoms with Crippen LogP contribution in [0.4, 0.5) is 0 Å². The molecule has 100 valence electrons. The molecule has 2 aromatic rings. The Hall–Kier alpha value is -1.60. The van der Waals surface area contributed by atoms with Crippen molar-refractivity contribution in [3.8, 4) is 0 Å². The first kappa shape index (κ1) is 13.8. The van der Waals surface area contributed by atoms with E-state index in [1.165, 1.54) is 33.4 Å². The fourth-order valence-corrected chi connectivity index (χ4v) is 2.54. The van der Waals surface area contributed by atoms with Gasteiger partial charge < -0.3 is 5.73 Å². The Balaban J connectivity index is 2.28. The van der Waals surface area contributed by atoms with Crippen LogP contribution in [-0.2, 0) is 6.42 Å². The first-order valence-electron chi connectivity index (χ1n) is 6.87. The summed E-state index contributed by atoms with van der Waals surface area (Å²) in [7, 11) is 0. The predicted octanol–water partition coefficient (Wildman–Crippen LogP) is 4.16. The first-order valence-corrected chi connectivity index (χ1v) is 6.87. The smallest absolute Gasteiger partial charge is 0.0338 e. The van der Waals surface area contributed by atoms with E-state index >= 15 is 0 Å². The van der Waals surface area contributed by atoms with Gasteiger partial charge in [-0.05, 0) is 61.9 Å². The summed E-state index contributed by atoms with van der Waals surface area (Å²) in [4.78, 5) is 0. The molecule has 1 unspecified atom stereocenters. The van der Waals surface area contributed by atoms with Crippen molar-refractivity contribution in [1.82, 2.24) is 0 Å². The highest BCUT2D eigenvalue weighted by Gasteiger charge is 2.12. The highest BCUT2D eigenvalue weighted by atomic mass is 14.6. The van der Waals surface area contributed by atoms with E-state index in [2.05, 4.69) is 64.1 Å². The SMILES string of the molecule is Cc1ccc(C)c(CC(N)c2cccc(C)c2C)c1. The average Bonchev–Trinajstić information content (AvgIpc) is 2.37. The molecule has 1 heteroatoms. The van der Waals surface area contributed by atoms with Gasteiger partial charge in [-0.2, -0.15) is 0 Å². The number of hydrogen-bond donors (Lipinski definition) is 1. The molecule has 0 bridgehead atoms. The Labute approximate surface area is 116 Å². The van der Waals surface area contributed by atoms with Crippen LogP contribution in [0.3, 0.4) is 0 Å². The van der Waals surface area contributed by atoms with Crippen molar-refractivity contribution >= 4 is 0 Å². The summed E-state index contributed by atoms with van der Waals surface area (Å²) in [6.45, 7) is 8.59. The van der Waals surface area contributed by atoms with Crippen LogP contribution in [-0.4, -0.2) is 0 Å². The Bertz CT molecular complexity index is 584. The average molecular weight is 253 g/mol. The van der Waals surface area contributed by atoms with Gasteiger partial charge in [0.2, 0.25) is 0 Å². The van der Waals surface area contributed by atoms with Crippen molar-refractivity contribution in [2.75, 3.05) is 0 Å². The third-order valence-electron chi connectivity index (χ3n) is 3.99. The van der Waals surface area contributed by atoms with Crippen molar-refractivity contribution in [3.63, 3.8) is 0 Å². The fourth-order valence-electron chi connectivity index (χ4n) is 2.54. The third kappa shape index (κ3) is 3.05. The lowest BCUT2D eigenvalue weighted by molar-refractivity contribution is 0.712. The number of hydrogen-bond acceptors (Lipinski definition) is 1. The van der Waals surface area contributed by atoms with E-state index in [0.717, 1.165) is 6.42 Å². The van der Waals surface area contributed by atoms with Crippen LogP contribution in [0.15, 0.2) is 36.4 Å². The monoisotopic (exact) mass is 253 g/mol. The van der Waals surface area contributed by atoms with Gasteiger partial charge in [-0.1, -0.05) is 42.0 Å². The molecule has 0 fully saturated rings. The zero-order valence-electron chi connectivity index (χ0n) is 12.3. The molecule has 0 aromatic heterocycles. The van der Waals surface area contributed by atoms with E-state index in [9.17, 15) is 0 Å². The minimum atomic E-state index is 0.0698. The lowest BCUT2D eigenvalue weighted by Gasteiger charge is -2.18. The van der Waals surface area contributed by atoms with Crippen molar-refractivity contribution in [2.45, 2.75) is 40.2 Å². The zero-order valence-corrected chi connectivity index (χ0v) is 12.3. The van der Waals surface area contributed by atoms with Crippen LogP contribution >= 0.6 is 0 Å². The Kier molecular flexibility index (Phi) is 4.06. The zero-order chi connectivity index (χ0) is 14.0. The molecule has 0 aliphatic carbocycles. The number of nitrogens with two attached hydrogens (primary N) is 1. The van der Waals surface area contributed by atoms with E-state index in [4.69, 9.17) is 5.73 Å². The van der Waals surface area contributed by atoms with E-state index in [1.54, 1.807) is 0 Å². The van der Waals surface area contributed by atoms with Crippen LogP contribution < -0.4 is 5.73 Å². The highest BCUT2D eigenvalue weighted by molar-refractivity contribution is 5.37. The van der Waals surface area contributed by atoms with Gasteiger partial charge in [0.05, 0.1) is 0 Å². The van der Waals surface area contributed by atoms with E-state index in [-0.39, 0.29) is 6.04 Å². The van der Waals surface area contributed by atoms with Crippen molar-refractivity contribution < 1.29 is 0 Å². The second kappa shape index (κ2) is 5.58. The molecule has 0 radical (unpaired) electrons. The van der Waals surface area contributed by atoms with Crippen LogP contribution in [0.5, 0.6) is 0 Å². The van der Waals surface area contributed by atoms with Crippen LogP contribution in [0.2, 0.25) is 0 Å². The van der Waals surface area contributed by atoms with Crippen molar-refractivity contribution in [2.24, 2.45) is 5.73 Å². The second-order valence-electron chi connectivity index (χ2n) is 5.53. The number of benzene rings is 2. The Morgan fingerprint density at radius 3 is 2.42 bits per heavy atom. The molecule has 1 atom stereocenters. The Morgan fingerprint density at radius 2 is 1.68 bits per heavy atom. The largest absolute Gasteiger partial charge is 0.324 e. The van der Waals surface area contributed by atoms with Crippen LogP contribution in [0, 0.1) is 27.7 Å². The summed E-state index contributed by atoms with van der Waals surface area (Å²) in [6, 6.07) is 13.0. The van der Waals surface area contributed by atoms with Gasteiger partial charge in [0, 0.05) is 6.04 Å². The third-order valence-corrected chi connectivity index (χ3v) is 3.99. The summed E-state index contributed by atoms with van der Waals surface area (Å²) >= 11 is 0. The first-order chi connectivity index (χ1) is 8.99. The fraction of sp³-hybridized carbons (Fsp3) is 0.333. The maximum atomic E-state index is 6.42. The van der Waals surface area contributed by atoms with Gasteiger partial charge in [-0.15, -0.1) is 0 Å². The van der Waals surface area contributed by atoms with Gasteiger partial charge in [-0.25, -0.2) is 0 Å². The van der Waals surface area contributed by atoms with E-state index in [0.29, 0.717) is 0 Å². The normalized spacial score (nSPS) is 12.5. The minimum Gasteiger partial charge on any atom is -0.324 e. The maximum Gasteiger partial charge on any atom is 0.0338 e.